The fourth-order valence-corrected chi connectivity index (χ4v) is 5.16. The van der Waals surface area contributed by atoms with Crippen molar-refractivity contribution in [2.45, 2.75) is 24.2 Å². The van der Waals surface area contributed by atoms with Crippen molar-refractivity contribution in [3.8, 4) is 0 Å². The van der Waals surface area contributed by atoms with E-state index in [-0.39, 0.29) is 17.2 Å². The van der Waals surface area contributed by atoms with Gasteiger partial charge in [0.25, 0.3) is 5.91 Å². The lowest BCUT2D eigenvalue weighted by Crippen LogP contribution is -2.51. The van der Waals surface area contributed by atoms with Crippen LogP contribution in [0.3, 0.4) is 0 Å². The van der Waals surface area contributed by atoms with Crippen LogP contribution in [0.15, 0.2) is 97.3 Å². The van der Waals surface area contributed by atoms with E-state index in [1.807, 2.05) is 29.4 Å². The highest BCUT2D eigenvalue weighted by Gasteiger charge is 2.46. The molecular weight excluding hydrogens is 382 g/mol. The van der Waals surface area contributed by atoms with Crippen molar-refractivity contribution in [2.75, 3.05) is 13.1 Å². The normalized spacial score (nSPS) is 21.2. The van der Waals surface area contributed by atoms with Crippen molar-refractivity contribution in [1.82, 2.24) is 14.9 Å². The summed E-state index contributed by atoms with van der Waals surface area (Å²) in [4.78, 5) is 21.7. The molecular formula is C27H27N3O. The molecule has 0 bridgehead atoms. The molecule has 5 rings (SSSR count). The summed E-state index contributed by atoms with van der Waals surface area (Å²) in [5, 5.41) is 0. The van der Waals surface area contributed by atoms with Crippen LogP contribution in [0, 0.1) is 0 Å². The summed E-state index contributed by atoms with van der Waals surface area (Å²) >= 11 is 0. The molecule has 4 nitrogen and oxygen atoms in total. The molecule has 1 aliphatic heterocycles. The zero-order valence-electron chi connectivity index (χ0n) is 17.5. The number of carbonyl (C=O) groups is 1. The van der Waals surface area contributed by atoms with Gasteiger partial charge in [0.15, 0.2) is 0 Å². The number of nitrogens with zero attached hydrogens (tertiary/aromatic N) is 1. The molecule has 0 saturated carbocycles. The fraction of sp³-hybridized carbons (Fsp3) is 0.222. The summed E-state index contributed by atoms with van der Waals surface area (Å²) in [6.45, 7) is 1.41. The number of aromatic amines is 2. The second-order valence-corrected chi connectivity index (χ2v) is 8.45. The van der Waals surface area contributed by atoms with Crippen LogP contribution in [0.5, 0.6) is 0 Å². The molecule has 1 fully saturated rings. The summed E-state index contributed by atoms with van der Waals surface area (Å²) in [7, 11) is 0. The number of carbonyl (C=O) groups excluding carboxylic acids is 1. The van der Waals surface area contributed by atoms with Crippen molar-refractivity contribution >= 4 is 5.91 Å². The zero-order valence-corrected chi connectivity index (χ0v) is 17.5. The predicted molar refractivity (Wildman–Crippen MR) is 123 cm³/mol. The van der Waals surface area contributed by atoms with Crippen LogP contribution >= 0.6 is 0 Å². The van der Waals surface area contributed by atoms with Crippen molar-refractivity contribution in [3.05, 3.63) is 120 Å². The third-order valence-corrected chi connectivity index (χ3v) is 6.72. The van der Waals surface area contributed by atoms with Crippen LogP contribution in [-0.2, 0) is 11.8 Å². The summed E-state index contributed by atoms with van der Waals surface area (Å²) in [6, 6.07) is 29.5. The summed E-state index contributed by atoms with van der Waals surface area (Å²) in [5.74, 6) is 0.237. The Morgan fingerprint density at radius 2 is 1.58 bits per heavy atom. The Balaban J connectivity index is 1.58. The lowest BCUT2D eigenvalue weighted by atomic mass is 9.61. The van der Waals surface area contributed by atoms with E-state index in [9.17, 15) is 4.79 Å². The smallest absolute Gasteiger partial charge is 0.270 e. The molecule has 4 heteroatoms. The standard InChI is InChI=1S/C27H27N3O/c31-26(25-14-8-17-29-25)30-18-15-27(22-11-5-2-6-12-22,19-21-9-3-1-4-10-21)23(20-30)24-13-7-16-28-24/h1-14,16-17,23,28-29H,15,18-20H2. The minimum atomic E-state index is -0.0972. The molecule has 2 atom stereocenters. The highest BCUT2D eigenvalue weighted by Crippen LogP contribution is 2.47. The number of amides is 1. The number of nitrogens with one attached hydrogen (secondary N) is 2. The third-order valence-electron chi connectivity index (χ3n) is 6.72. The summed E-state index contributed by atoms with van der Waals surface area (Å²) < 4.78 is 0. The van der Waals surface area contributed by atoms with E-state index in [2.05, 4.69) is 82.8 Å². The third kappa shape index (κ3) is 3.70. The number of benzene rings is 2. The lowest BCUT2D eigenvalue weighted by Gasteiger charge is -2.48. The quantitative estimate of drug-likeness (QED) is 0.470. The first-order valence-corrected chi connectivity index (χ1v) is 10.9. The van der Waals surface area contributed by atoms with Gasteiger partial charge in [-0.1, -0.05) is 60.7 Å². The predicted octanol–water partition coefficient (Wildman–Crippen LogP) is 5.15. The van der Waals surface area contributed by atoms with Crippen LogP contribution < -0.4 is 0 Å². The first-order chi connectivity index (χ1) is 15.3. The van der Waals surface area contributed by atoms with Crippen LogP contribution in [0.1, 0.15) is 39.6 Å². The average molecular weight is 410 g/mol. The summed E-state index contributed by atoms with van der Waals surface area (Å²) in [6.07, 6.45) is 5.64. The molecule has 0 radical (unpaired) electrons. The zero-order chi connectivity index (χ0) is 21.1. The monoisotopic (exact) mass is 409 g/mol. The Morgan fingerprint density at radius 3 is 2.26 bits per heavy atom. The molecule has 2 unspecified atom stereocenters. The highest BCUT2D eigenvalue weighted by atomic mass is 16.2. The van der Waals surface area contributed by atoms with Gasteiger partial charge in [-0.2, -0.15) is 0 Å². The average Bonchev–Trinajstić information content (AvgIpc) is 3.55. The van der Waals surface area contributed by atoms with E-state index in [0.717, 1.165) is 19.4 Å². The minimum absolute atomic E-state index is 0.0722. The number of hydrogen-bond donors (Lipinski definition) is 2. The molecule has 0 aliphatic carbocycles. The Hall–Kier alpha value is -3.53. The van der Waals surface area contributed by atoms with Crippen LogP contribution in [-0.4, -0.2) is 33.9 Å². The van der Waals surface area contributed by atoms with E-state index in [0.29, 0.717) is 12.2 Å². The van der Waals surface area contributed by atoms with Gasteiger partial charge in [-0.15, -0.1) is 0 Å². The van der Waals surface area contributed by atoms with Gasteiger partial charge in [-0.25, -0.2) is 0 Å². The van der Waals surface area contributed by atoms with E-state index < -0.39 is 0 Å². The SMILES string of the molecule is O=C(c1ccc[nH]1)N1CCC(Cc2ccccc2)(c2ccccc2)C(c2ccc[nH]2)C1. The molecule has 1 saturated heterocycles. The molecule has 1 aliphatic rings. The van der Waals surface area contributed by atoms with Crippen LogP contribution in [0.4, 0.5) is 0 Å². The number of likely N-dealkylation sites (tertiary alicyclic amines) is 1. The van der Waals surface area contributed by atoms with Gasteiger partial charge in [-0.3, -0.25) is 4.79 Å². The van der Waals surface area contributed by atoms with Crippen molar-refractivity contribution < 1.29 is 4.79 Å². The molecule has 2 aromatic carbocycles. The maximum atomic E-state index is 13.2. The number of aromatic nitrogens is 2. The molecule has 1 amide bonds. The van der Waals surface area contributed by atoms with Gasteiger partial charge in [-0.05, 0) is 48.2 Å². The van der Waals surface area contributed by atoms with Crippen molar-refractivity contribution in [3.63, 3.8) is 0 Å². The molecule has 31 heavy (non-hydrogen) atoms. The maximum Gasteiger partial charge on any atom is 0.270 e. The number of rotatable bonds is 5. The van der Waals surface area contributed by atoms with E-state index >= 15 is 0 Å². The van der Waals surface area contributed by atoms with E-state index in [4.69, 9.17) is 0 Å². The van der Waals surface area contributed by atoms with Gasteiger partial charge < -0.3 is 14.9 Å². The lowest BCUT2D eigenvalue weighted by molar-refractivity contribution is 0.0614. The Bertz CT molecular complexity index is 1100. The fourth-order valence-electron chi connectivity index (χ4n) is 5.16. The van der Waals surface area contributed by atoms with E-state index in [1.54, 1.807) is 0 Å². The maximum absolute atomic E-state index is 13.2. The minimum Gasteiger partial charge on any atom is -0.365 e. The van der Waals surface area contributed by atoms with Crippen molar-refractivity contribution in [2.24, 2.45) is 0 Å². The number of H-pyrrole nitrogens is 2. The Morgan fingerprint density at radius 1 is 0.871 bits per heavy atom. The van der Waals surface area contributed by atoms with Gasteiger partial charge in [0.2, 0.25) is 0 Å². The van der Waals surface area contributed by atoms with Gasteiger partial charge in [0, 0.05) is 42.5 Å². The molecule has 3 heterocycles. The Kier molecular flexibility index (Phi) is 5.21. The second kappa shape index (κ2) is 8.31. The molecule has 2 aromatic heterocycles. The highest BCUT2D eigenvalue weighted by molar-refractivity contribution is 5.92. The molecule has 0 spiro atoms. The first-order valence-electron chi connectivity index (χ1n) is 10.9. The van der Waals surface area contributed by atoms with Crippen LogP contribution in [0.25, 0.3) is 0 Å². The molecule has 4 aromatic rings. The summed E-state index contributed by atoms with van der Waals surface area (Å²) in [5.41, 5.74) is 4.40. The van der Waals surface area contributed by atoms with E-state index in [1.165, 1.54) is 16.8 Å². The second-order valence-electron chi connectivity index (χ2n) is 8.45. The van der Waals surface area contributed by atoms with Gasteiger partial charge >= 0.3 is 0 Å². The Labute approximate surface area is 182 Å². The van der Waals surface area contributed by atoms with Crippen molar-refractivity contribution in [1.29, 1.82) is 0 Å². The van der Waals surface area contributed by atoms with Gasteiger partial charge in [0.05, 0.1) is 0 Å². The first kappa shape index (κ1) is 19.4. The van der Waals surface area contributed by atoms with Crippen LogP contribution in [0.2, 0.25) is 0 Å². The van der Waals surface area contributed by atoms with Gasteiger partial charge in [0.1, 0.15) is 5.69 Å². The topological polar surface area (TPSA) is 51.9 Å². The largest absolute Gasteiger partial charge is 0.365 e. The number of piperidine rings is 1. The number of hydrogen-bond acceptors (Lipinski definition) is 1. The molecule has 156 valence electrons. The molecule has 2 N–H and O–H groups in total.